The molecule has 0 saturated carbocycles. The van der Waals surface area contributed by atoms with Crippen LogP contribution < -0.4 is 11.1 Å². The molecule has 1 amide bonds. The summed E-state index contributed by atoms with van der Waals surface area (Å²) < 4.78 is 0. The van der Waals surface area contributed by atoms with E-state index in [2.05, 4.69) is 5.32 Å². The molecule has 110 valence electrons. The van der Waals surface area contributed by atoms with E-state index in [1.165, 1.54) is 0 Å². The third-order valence-corrected chi connectivity index (χ3v) is 4.18. The van der Waals surface area contributed by atoms with Crippen molar-refractivity contribution in [2.24, 2.45) is 5.73 Å². The summed E-state index contributed by atoms with van der Waals surface area (Å²) in [6.07, 6.45) is 0. The summed E-state index contributed by atoms with van der Waals surface area (Å²) in [5, 5.41) is 4.68. The number of amides is 1. The van der Waals surface area contributed by atoms with E-state index in [4.69, 9.17) is 40.5 Å². The molecule has 0 atom stereocenters. The Morgan fingerprint density at radius 3 is 2.48 bits per heavy atom. The van der Waals surface area contributed by atoms with Crippen molar-refractivity contribution < 1.29 is 4.79 Å². The first kappa shape index (κ1) is 16.1. The highest BCUT2D eigenvalue weighted by Crippen LogP contribution is 2.31. The Balaban J connectivity index is 2.04. The number of nitrogens with two attached hydrogens (primary N) is 1. The van der Waals surface area contributed by atoms with Crippen molar-refractivity contribution in [3.8, 4) is 0 Å². The normalized spacial score (nSPS) is 10.6. The molecule has 21 heavy (non-hydrogen) atoms. The minimum atomic E-state index is -0.446. The summed E-state index contributed by atoms with van der Waals surface area (Å²) in [6.45, 7) is 1.03. The second kappa shape index (κ2) is 7.14. The molecule has 0 fully saturated rings. The monoisotopic (exact) mass is 342 g/mol. The first-order chi connectivity index (χ1) is 9.99. The smallest absolute Gasteiger partial charge is 0.248 e. The van der Waals surface area contributed by atoms with Crippen LogP contribution in [0, 0.1) is 0 Å². The number of benzene rings is 2. The molecule has 2 rings (SSSR count). The number of carbonyl (C=O) groups excluding carboxylic acids is 1. The predicted molar refractivity (Wildman–Crippen MR) is 87.0 cm³/mol. The lowest BCUT2D eigenvalue weighted by atomic mass is 10.1. The van der Waals surface area contributed by atoms with Crippen LogP contribution in [0.4, 0.5) is 0 Å². The van der Waals surface area contributed by atoms with E-state index in [0.29, 0.717) is 33.7 Å². The molecule has 0 radical (unpaired) electrons. The van der Waals surface area contributed by atoms with Gasteiger partial charge >= 0.3 is 0 Å². The maximum atomic E-state index is 11.1. The van der Waals surface area contributed by atoms with Gasteiger partial charge in [-0.3, -0.25) is 4.79 Å². The minimum absolute atomic E-state index is 0.446. The topological polar surface area (TPSA) is 55.1 Å². The van der Waals surface area contributed by atoms with Crippen molar-refractivity contribution in [1.82, 2.24) is 5.32 Å². The summed E-state index contributed by atoms with van der Waals surface area (Å²) >= 11 is 18.2. The summed E-state index contributed by atoms with van der Waals surface area (Å²) in [5.41, 5.74) is 7.42. The van der Waals surface area contributed by atoms with Gasteiger partial charge in [0.25, 0.3) is 0 Å². The van der Waals surface area contributed by atoms with Gasteiger partial charge < -0.3 is 11.1 Å². The molecule has 0 aliphatic heterocycles. The zero-order valence-corrected chi connectivity index (χ0v) is 13.3. The molecule has 2 aromatic rings. The van der Waals surface area contributed by atoms with Crippen LogP contribution >= 0.6 is 34.8 Å². The van der Waals surface area contributed by atoms with Crippen LogP contribution in [0.15, 0.2) is 36.4 Å². The number of nitrogens with one attached hydrogen (secondary N) is 1. The van der Waals surface area contributed by atoms with E-state index in [1.807, 2.05) is 6.07 Å². The average Bonchev–Trinajstić information content (AvgIpc) is 2.47. The summed E-state index contributed by atoms with van der Waals surface area (Å²) in [7, 11) is 0. The van der Waals surface area contributed by atoms with Gasteiger partial charge in [-0.25, -0.2) is 0 Å². The maximum absolute atomic E-state index is 11.1. The van der Waals surface area contributed by atoms with Gasteiger partial charge in [0.15, 0.2) is 0 Å². The zero-order valence-electron chi connectivity index (χ0n) is 11.0. The fourth-order valence-corrected chi connectivity index (χ4v) is 2.58. The van der Waals surface area contributed by atoms with Gasteiger partial charge in [-0.05, 0) is 29.8 Å². The molecule has 0 saturated heterocycles. The van der Waals surface area contributed by atoms with Gasteiger partial charge in [-0.15, -0.1) is 0 Å². The molecule has 2 aromatic carbocycles. The van der Waals surface area contributed by atoms with Crippen LogP contribution in [0.5, 0.6) is 0 Å². The van der Waals surface area contributed by atoms with Gasteiger partial charge in [0, 0.05) is 29.2 Å². The Kier molecular flexibility index (Phi) is 5.48. The van der Waals surface area contributed by atoms with Gasteiger partial charge in [0.1, 0.15) is 0 Å². The van der Waals surface area contributed by atoms with Crippen molar-refractivity contribution in [2.45, 2.75) is 13.1 Å². The van der Waals surface area contributed by atoms with Crippen molar-refractivity contribution in [3.63, 3.8) is 0 Å². The third kappa shape index (κ3) is 4.11. The molecule has 3 nitrogen and oxygen atoms in total. The SMILES string of the molecule is NC(=O)c1cccc(CNCc2c(Cl)ccc(Cl)c2Cl)c1. The molecular weight excluding hydrogens is 331 g/mol. The van der Waals surface area contributed by atoms with Crippen molar-refractivity contribution in [3.05, 3.63) is 68.2 Å². The Morgan fingerprint density at radius 2 is 1.76 bits per heavy atom. The highest BCUT2D eigenvalue weighted by atomic mass is 35.5. The first-order valence-electron chi connectivity index (χ1n) is 6.21. The van der Waals surface area contributed by atoms with Crippen LogP contribution in [0.1, 0.15) is 21.5 Å². The van der Waals surface area contributed by atoms with Crippen molar-refractivity contribution in [2.75, 3.05) is 0 Å². The van der Waals surface area contributed by atoms with Gasteiger partial charge in [0.2, 0.25) is 5.91 Å². The molecular formula is C15H13Cl3N2O. The largest absolute Gasteiger partial charge is 0.366 e. The lowest BCUT2D eigenvalue weighted by Crippen LogP contribution is -2.15. The maximum Gasteiger partial charge on any atom is 0.248 e. The molecule has 0 heterocycles. The molecule has 0 unspecified atom stereocenters. The lowest BCUT2D eigenvalue weighted by molar-refractivity contribution is 0.1000. The van der Waals surface area contributed by atoms with E-state index < -0.39 is 5.91 Å². The molecule has 0 aliphatic rings. The van der Waals surface area contributed by atoms with E-state index in [-0.39, 0.29) is 0 Å². The van der Waals surface area contributed by atoms with E-state index in [0.717, 1.165) is 11.1 Å². The Bertz CT molecular complexity index is 674. The quantitative estimate of drug-likeness (QED) is 0.805. The molecule has 0 spiro atoms. The van der Waals surface area contributed by atoms with Crippen molar-refractivity contribution >= 4 is 40.7 Å². The summed E-state index contributed by atoms with van der Waals surface area (Å²) in [5.74, 6) is -0.446. The highest BCUT2D eigenvalue weighted by Gasteiger charge is 2.09. The average molecular weight is 344 g/mol. The highest BCUT2D eigenvalue weighted by molar-refractivity contribution is 6.44. The molecule has 0 bridgehead atoms. The second-order valence-electron chi connectivity index (χ2n) is 4.49. The van der Waals surface area contributed by atoms with Gasteiger partial charge in [-0.2, -0.15) is 0 Å². The number of hydrogen-bond donors (Lipinski definition) is 2. The van der Waals surface area contributed by atoms with Gasteiger partial charge in [-0.1, -0.05) is 46.9 Å². The number of halogens is 3. The first-order valence-corrected chi connectivity index (χ1v) is 7.34. The fraction of sp³-hybridized carbons (Fsp3) is 0.133. The second-order valence-corrected chi connectivity index (χ2v) is 5.68. The Labute approximate surface area is 138 Å². The fourth-order valence-electron chi connectivity index (χ4n) is 1.90. The van der Waals surface area contributed by atoms with E-state index in [9.17, 15) is 4.79 Å². The summed E-state index contributed by atoms with van der Waals surface area (Å²) in [6, 6.07) is 10.5. The standard InChI is InChI=1S/C15H13Cl3N2O/c16-12-4-5-13(17)14(18)11(12)8-20-7-9-2-1-3-10(6-9)15(19)21/h1-6,20H,7-8H2,(H2,19,21). The van der Waals surface area contributed by atoms with Crippen LogP contribution in [0.25, 0.3) is 0 Å². The zero-order chi connectivity index (χ0) is 15.4. The van der Waals surface area contributed by atoms with Crippen LogP contribution in [-0.2, 0) is 13.1 Å². The van der Waals surface area contributed by atoms with Gasteiger partial charge in [0.05, 0.1) is 10.0 Å². The predicted octanol–water partition coefficient (Wildman–Crippen LogP) is 4.04. The van der Waals surface area contributed by atoms with Crippen LogP contribution in [0.2, 0.25) is 15.1 Å². The molecule has 3 N–H and O–H groups in total. The lowest BCUT2D eigenvalue weighted by Gasteiger charge is -2.10. The van der Waals surface area contributed by atoms with Crippen molar-refractivity contribution in [1.29, 1.82) is 0 Å². The number of carbonyl (C=O) groups is 1. The molecule has 0 aliphatic carbocycles. The third-order valence-electron chi connectivity index (χ3n) is 2.98. The number of primary amides is 1. The van der Waals surface area contributed by atoms with E-state index >= 15 is 0 Å². The molecule has 0 aromatic heterocycles. The summed E-state index contributed by atoms with van der Waals surface area (Å²) in [4.78, 5) is 11.1. The Morgan fingerprint density at radius 1 is 1.05 bits per heavy atom. The van der Waals surface area contributed by atoms with Crippen LogP contribution in [-0.4, -0.2) is 5.91 Å². The number of hydrogen-bond acceptors (Lipinski definition) is 2. The minimum Gasteiger partial charge on any atom is -0.366 e. The van der Waals surface area contributed by atoms with Crippen LogP contribution in [0.3, 0.4) is 0 Å². The number of rotatable bonds is 5. The molecule has 6 heteroatoms. The Hall–Kier alpha value is -1.26. The van der Waals surface area contributed by atoms with E-state index in [1.54, 1.807) is 30.3 Å².